The van der Waals surface area contributed by atoms with Crippen LogP contribution in [-0.2, 0) is 6.42 Å². The van der Waals surface area contributed by atoms with Crippen molar-refractivity contribution in [2.75, 3.05) is 6.26 Å². The lowest BCUT2D eigenvalue weighted by atomic mass is 10.1. The minimum Gasteiger partial charge on any atom is -0.143 e. The second-order valence-electron chi connectivity index (χ2n) is 3.07. The highest BCUT2D eigenvalue weighted by Crippen LogP contribution is 2.37. The molecule has 3 heteroatoms. The van der Waals surface area contributed by atoms with Crippen LogP contribution < -0.4 is 0 Å². The molecule has 0 aliphatic heterocycles. The summed E-state index contributed by atoms with van der Waals surface area (Å²) in [6.07, 6.45) is 3.11. The fourth-order valence-corrected chi connectivity index (χ4v) is 3.71. The molecule has 1 aromatic heterocycles. The van der Waals surface area contributed by atoms with Gasteiger partial charge in [-0.3, -0.25) is 0 Å². The van der Waals surface area contributed by atoms with E-state index in [1.165, 1.54) is 20.5 Å². The minimum atomic E-state index is 0.932. The van der Waals surface area contributed by atoms with Crippen molar-refractivity contribution in [3.05, 3.63) is 28.1 Å². The smallest absolute Gasteiger partial charge is 0.0525 e. The number of fused-ring (bicyclic) bond motifs is 1. The van der Waals surface area contributed by atoms with Gasteiger partial charge in [0.15, 0.2) is 0 Å². The second kappa shape index (κ2) is 4.13. The van der Waals surface area contributed by atoms with E-state index in [2.05, 4.69) is 30.7 Å². The van der Waals surface area contributed by atoms with Gasteiger partial charge in [-0.25, -0.2) is 0 Å². The van der Waals surface area contributed by atoms with Gasteiger partial charge in [-0.1, -0.05) is 18.5 Å². The van der Waals surface area contributed by atoms with Crippen molar-refractivity contribution in [3.63, 3.8) is 0 Å². The molecule has 0 spiro atoms. The summed E-state index contributed by atoms with van der Waals surface area (Å²) in [5, 5.41) is 4.25. The Morgan fingerprint density at radius 1 is 1.50 bits per heavy atom. The molecule has 0 bridgehead atoms. The Kier molecular flexibility index (Phi) is 3.05. The van der Waals surface area contributed by atoms with Crippen LogP contribution in [0.1, 0.15) is 12.5 Å². The van der Waals surface area contributed by atoms with Crippen molar-refractivity contribution in [3.8, 4) is 0 Å². The zero-order valence-electron chi connectivity index (χ0n) is 8.13. The number of thiophene rings is 1. The average Bonchev–Trinajstić information content (AvgIpc) is 2.68. The molecule has 74 valence electrons. The summed E-state index contributed by atoms with van der Waals surface area (Å²) in [5.74, 6) is 0. The summed E-state index contributed by atoms with van der Waals surface area (Å²) in [6.45, 7) is 2.14. The van der Waals surface area contributed by atoms with Crippen LogP contribution in [0.5, 0.6) is 0 Å². The topological polar surface area (TPSA) is 0 Å². The van der Waals surface area contributed by atoms with Crippen LogP contribution in [0.4, 0.5) is 0 Å². The van der Waals surface area contributed by atoms with Crippen LogP contribution >= 0.6 is 34.7 Å². The molecule has 0 nitrogen and oxygen atoms in total. The van der Waals surface area contributed by atoms with Crippen LogP contribution in [0, 0.1) is 0 Å². The van der Waals surface area contributed by atoms with E-state index < -0.39 is 0 Å². The predicted octanol–water partition coefficient (Wildman–Crippen LogP) is 4.84. The Labute approximate surface area is 97.3 Å². The number of thioether (sulfide) groups is 1. The molecule has 0 saturated carbocycles. The van der Waals surface area contributed by atoms with Gasteiger partial charge in [0.05, 0.1) is 5.02 Å². The Morgan fingerprint density at radius 3 is 2.93 bits per heavy atom. The van der Waals surface area contributed by atoms with E-state index in [-0.39, 0.29) is 0 Å². The van der Waals surface area contributed by atoms with Crippen LogP contribution in [0.15, 0.2) is 22.4 Å². The van der Waals surface area contributed by atoms with Gasteiger partial charge in [0.1, 0.15) is 0 Å². The lowest BCUT2D eigenvalue weighted by Crippen LogP contribution is -1.84. The zero-order valence-corrected chi connectivity index (χ0v) is 10.5. The first-order valence-corrected chi connectivity index (χ1v) is 6.98. The third kappa shape index (κ3) is 1.56. The van der Waals surface area contributed by atoms with Crippen LogP contribution in [0.25, 0.3) is 10.1 Å². The molecule has 2 rings (SSSR count). The molecule has 1 heterocycles. The van der Waals surface area contributed by atoms with Crippen molar-refractivity contribution in [1.29, 1.82) is 0 Å². The molecule has 0 N–H and O–H groups in total. The molecule has 0 saturated heterocycles. The van der Waals surface area contributed by atoms with Crippen molar-refractivity contribution in [1.82, 2.24) is 0 Å². The number of hydrogen-bond acceptors (Lipinski definition) is 2. The standard InChI is InChI=1S/C11H11ClS2/c1-3-7-6-9(13-2)11-8(10(7)12)4-5-14-11/h4-6H,3H2,1-2H3. The van der Waals surface area contributed by atoms with E-state index in [1.54, 1.807) is 23.1 Å². The van der Waals surface area contributed by atoms with E-state index in [0.29, 0.717) is 0 Å². The summed E-state index contributed by atoms with van der Waals surface area (Å²) in [4.78, 5) is 1.34. The van der Waals surface area contributed by atoms with Crippen molar-refractivity contribution in [2.24, 2.45) is 0 Å². The summed E-state index contributed by atoms with van der Waals surface area (Å²) in [6, 6.07) is 4.33. The van der Waals surface area contributed by atoms with Gasteiger partial charge in [-0.2, -0.15) is 0 Å². The summed E-state index contributed by atoms with van der Waals surface area (Å²) >= 11 is 9.87. The SMILES string of the molecule is CCc1cc(SC)c2sccc2c1Cl. The van der Waals surface area contributed by atoms with E-state index in [9.17, 15) is 0 Å². The first-order chi connectivity index (χ1) is 6.77. The maximum absolute atomic E-state index is 6.31. The fourth-order valence-electron chi connectivity index (χ4n) is 1.54. The molecule has 0 amide bonds. The lowest BCUT2D eigenvalue weighted by Gasteiger charge is -2.06. The Bertz CT molecular complexity index is 460. The first-order valence-electron chi connectivity index (χ1n) is 4.50. The van der Waals surface area contributed by atoms with Gasteiger partial charge in [0.2, 0.25) is 0 Å². The predicted molar refractivity (Wildman–Crippen MR) is 68.0 cm³/mol. The maximum Gasteiger partial charge on any atom is 0.0525 e. The van der Waals surface area contributed by atoms with Gasteiger partial charge >= 0.3 is 0 Å². The molecule has 0 aliphatic rings. The summed E-state index contributed by atoms with van der Waals surface area (Å²) in [7, 11) is 0. The Hall–Kier alpha value is -0.180. The Balaban J connectivity index is 2.80. The number of rotatable bonds is 2. The normalized spacial score (nSPS) is 11.1. The largest absolute Gasteiger partial charge is 0.143 e. The highest BCUT2D eigenvalue weighted by Gasteiger charge is 2.09. The Morgan fingerprint density at radius 2 is 2.29 bits per heavy atom. The van der Waals surface area contributed by atoms with Crippen LogP contribution in [-0.4, -0.2) is 6.26 Å². The van der Waals surface area contributed by atoms with Gasteiger partial charge in [-0.15, -0.1) is 23.1 Å². The zero-order chi connectivity index (χ0) is 10.1. The van der Waals surface area contributed by atoms with Crippen LogP contribution in [0.2, 0.25) is 5.02 Å². The minimum absolute atomic E-state index is 0.932. The molecular weight excluding hydrogens is 232 g/mol. The third-order valence-electron chi connectivity index (χ3n) is 2.31. The second-order valence-corrected chi connectivity index (χ2v) is 5.21. The van der Waals surface area contributed by atoms with E-state index >= 15 is 0 Å². The average molecular weight is 243 g/mol. The van der Waals surface area contributed by atoms with Crippen molar-refractivity contribution < 1.29 is 0 Å². The van der Waals surface area contributed by atoms with Crippen LogP contribution in [0.3, 0.4) is 0 Å². The molecule has 0 aliphatic carbocycles. The molecule has 0 atom stereocenters. The molecule has 0 radical (unpaired) electrons. The quantitative estimate of drug-likeness (QED) is 0.679. The molecule has 0 fully saturated rings. The van der Waals surface area contributed by atoms with Gasteiger partial charge < -0.3 is 0 Å². The number of halogens is 1. The molecule has 14 heavy (non-hydrogen) atoms. The van der Waals surface area contributed by atoms with Crippen molar-refractivity contribution >= 4 is 44.8 Å². The van der Waals surface area contributed by atoms with Gasteiger partial charge in [-0.05, 0) is 35.8 Å². The highest BCUT2D eigenvalue weighted by atomic mass is 35.5. The lowest BCUT2D eigenvalue weighted by molar-refractivity contribution is 1.14. The number of benzene rings is 1. The summed E-state index contributed by atoms with van der Waals surface area (Å²) < 4.78 is 1.32. The third-order valence-corrected chi connectivity index (χ3v) is 4.60. The van der Waals surface area contributed by atoms with E-state index in [0.717, 1.165) is 11.4 Å². The molecule has 1 aromatic carbocycles. The van der Waals surface area contributed by atoms with Gasteiger partial charge in [0.25, 0.3) is 0 Å². The van der Waals surface area contributed by atoms with Crippen molar-refractivity contribution in [2.45, 2.75) is 18.2 Å². The molecule has 2 aromatic rings. The first kappa shape index (κ1) is 10.3. The fraction of sp³-hybridized carbons (Fsp3) is 0.273. The maximum atomic E-state index is 6.31. The number of aryl methyl sites for hydroxylation is 1. The van der Waals surface area contributed by atoms with E-state index in [1.807, 2.05) is 0 Å². The molecular formula is C11H11ClS2. The highest BCUT2D eigenvalue weighted by molar-refractivity contribution is 7.99. The summed E-state index contributed by atoms with van der Waals surface area (Å²) in [5.41, 5.74) is 1.25. The van der Waals surface area contributed by atoms with Gasteiger partial charge in [0, 0.05) is 15.0 Å². The molecule has 0 unspecified atom stereocenters. The van der Waals surface area contributed by atoms with E-state index in [4.69, 9.17) is 11.6 Å². The number of hydrogen-bond donors (Lipinski definition) is 0. The monoisotopic (exact) mass is 242 g/mol.